The molecule has 0 heterocycles. The number of hydrogen-bond donors (Lipinski definition) is 1. The van der Waals surface area contributed by atoms with Crippen molar-refractivity contribution in [3.05, 3.63) is 59.2 Å². The van der Waals surface area contributed by atoms with E-state index < -0.39 is 11.7 Å². The molecule has 5 heteroatoms. The molecule has 0 atom stereocenters. The molecule has 2 aromatic carbocycles. The Morgan fingerprint density at radius 1 is 1.10 bits per heavy atom. The van der Waals surface area contributed by atoms with E-state index in [4.69, 9.17) is 4.74 Å². The van der Waals surface area contributed by atoms with Crippen molar-refractivity contribution >= 4 is 0 Å². The zero-order valence-corrected chi connectivity index (χ0v) is 10.7. The Morgan fingerprint density at radius 3 is 2.50 bits per heavy atom. The van der Waals surface area contributed by atoms with Crippen molar-refractivity contribution in [2.45, 2.75) is 19.7 Å². The van der Waals surface area contributed by atoms with Crippen molar-refractivity contribution in [3.63, 3.8) is 0 Å². The van der Waals surface area contributed by atoms with E-state index in [1.54, 1.807) is 19.1 Å². The molecule has 0 spiro atoms. The molecular weight excluding hydrogens is 269 g/mol. The van der Waals surface area contributed by atoms with Gasteiger partial charge in [0.05, 0.1) is 5.56 Å². The Morgan fingerprint density at radius 2 is 1.85 bits per heavy atom. The molecule has 0 aliphatic rings. The van der Waals surface area contributed by atoms with Gasteiger partial charge in [0.2, 0.25) is 0 Å². The quantitative estimate of drug-likeness (QED) is 0.909. The Balaban J connectivity index is 2.09. The Labute approximate surface area is 114 Å². The van der Waals surface area contributed by atoms with E-state index >= 15 is 0 Å². The van der Waals surface area contributed by atoms with E-state index in [9.17, 15) is 18.3 Å². The van der Waals surface area contributed by atoms with Crippen molar-refractivity contribution in [1.29, 1.82) is 0 Å². The van der Waals surface area contributed by atoms with Crippen LogP contribution in [0.25, 0.3) is 0 Å². The summed E-state index contributed by atoms with van der Waals surface area (Å²) >= 11 is 0. The van der Waals surface area contributed by atoms with Crippen LogP contribution in [0.3, 0.4) is 0 Å². The van der Waals surface area contributed by atoms with Crippen molar-refractivity contribution in [1.82, 2.24) is 0 Å². The molecule has 0 saturated heterocycles. The molecule has 0 saturated carbocycles. The number of aromatic hydroxyl groups is 1. The van der Waals surface area contributed by atoms with Crippen LogP contribution in [0.2, 0.25) is 0 Å². The maximum Gasteiger partial charge on any atom is 0.416 e. The average molecular weight is 282 g/mol. The topological polar surface area (TPSA) is 29.5 Å². The number of halogens is 3. The second-order valence-corrected chi connectivity index (χ2v) is 4.44. The summed E-state index contributed by atoms with van der Waals surface area (Å²) in [5.74, 6) is 0.332. The molecule has 2 aromatic rings. The summed E-state index contributed by atoms with van der Waals surface area (Å²) in [4.78, 5) is 0. The first kappa shape index (κ1) is 14.2. The summed E-state index contributed by atoms with van der Waals surface area (Å²) in [5, 5.41) is 9.39. The van der Waals surface area contributed by atoms with E-state index in [-0.39, 0.29) is 18.1 Å². The van der Waals surface area contributed by atoms with Crippen LogP contribution in [-0.4, -0.2) is 5.11 Å². The van der Waals surface area contributed by atoms with Crippen LogP contribution in [0.5, 0.6) is 11.5 Å². The minimum Gasteiger partial charge on any atom is -0.508 e. The Bertz CT molecular complexity index is 606. The van der Waals surface area contributed by atoms with E-state index in [1.165, 1.54) is 18.2 Å². The third kappa shape index (κ3) is 3.44. The van der Waals surface area contributed by atoms with E-state index in [1.807, 2.05) is 0 Å². The third-order valence-electron chi connectivity index (χ3n) is 2.83. The fourth-order valence-electron chi connectivity index (χ4n) is 1.74. The molecule has 0 amide bonds. The van der Waals surface area contributed by atoms with Gasteiger partial charge in [-0.05, 0) is 48.4 Å². The van der Waals surface area contributed by atoms with Gasteiger partial charge in [-0.2, -0.15) is 13.2 Å². The third-order valence-corrected chi connectivity index (χ3v) is 2.83. The number of rotatable bonds is 3. The highest BCUT2D eigenvalue weighted by atomic mass is 19.4. The summed E-state index contributed by atoms with van der Waals surface area (Å²) in [6.45, 7) is 1.88. The molecule has 1 N–H and O–H groups in total. The van der Waals surface area contributed by atoms with Gasteiger partial charge in [0, 0.05) is 0 Å². The van der Waals surface area contributed by atoms with Gasteiger partial charge in [-0.25, -0.2) is 0 Å². The maximum absolute atomic E-state index is 12.5. The predicted octanol–water partition coefficient (Wildman–Crippen LogP) is 4.30. The summed E-state index contributed by atoms with van der Waals surface area (Å²) in [5.41, 5.74) is 0.727. The zero-order valence-electron chi connectivity index (χ0n) is 10.7. The number of benzene rings is 2. The normalized spacial score (nSPS) is 11.4. The summed E-state index contributed by atoms with van der Waals surface area (Å²) < 4.78 is 43.0. The number of aryl methyl sites for hydroxylation is 1. The largest absolute Gasteiger partial charge is 0.508 e. The van der Waals surface area contributed by atoms with Gasteiger partial charge >= 0.3 is 6.18 Å². The van der Waals surface area contributed by atoms with Gasteiger partial charge in [0.15, 0.2) is 0 Å². The highest BCUT2D eigenvalue weighted by Crippen LogP contribution is 2.31. The molecule has 106 valence electrons. The van der Waals surface area contributed by atoms with Gasteiger partial charge in [0.1, 0.15) is 18.1 Å². The minimum absolute atomic E-state index is 0.141. The molecule has 0 radical (unpaired) electrons. The fourth-order valence-corrected chi connectivity index (χ4v) is 1.74. The molecule has 2 nitrogen and oxygen atoms in total. The van der Waals surface area contributed by atoms with Gasteiger partial charge in [-0.1, -0.05) is 12.1 Å². The molecule has 20 heavy (non-hydrogen) atoms. The van der Waals surface area contributed by atoms with Crippen LogP contribution in [0.15, 0.2) is 42.5 Å². The SMILES string of the molecule is Cc1cc(COc2cccc(C(F)(F)F)c2)ccc1O. The van der Waals surface area contributed by atoms with Gasteiger partial charge in [0.25, 0.3) is 0 Å². The molecular formula is C15H13F3O2. The highest BCUT2D eigenvalue weighted by Gasteiger charge is 2.30. The van der Waals surface area contributed by atoms with Crippen molar-refractivity contribution < 1.29 is 23.0 Å². The second-order valence-electron chi connectivity index (χ2n) is 4.44. The van der Waals surface area contributed by atoms with Crippen molar-refractivity contribution in [2.24, 2.45) is 0 Å². The summed E-state index contributed by atoms with van der Waals surface area (Å²) in [6.07, 6.45) is -4.38. The van der Waals surface area contributed by atoms with Crippen LogP contribution in [-0.2, 0) is 12.8 Å². The Hall–Kier alpha value is -2.17. The average Bonchev–Trinajstić information content (AvgIpc) is 2.39. The van der Waals surface area contributed by atoms with E-state index in [0.29, 0.717) is 5.56 Å². The van der Waals surface area contributed by atoms with Gasteiger partial charge in [-0.3, -0.25) is 0 Å². The van der Waals surface area contributed by atoms with Crippen molar-refractivity contribution in [2.75, 3.05) is 0 Å². The lowest BCUT2D eigenvalue weighted by molar-refractivity contribution is -0.137. The smallest absolute Gasteiger partial charge is 0.416 e. The molecule has 0 aliphatic heterocycles. The molecule has 0 aliphatic carbocycles. The number of phenolic OH excluding ortho intramolecular Hbond substituents is 1. The molecule has 2 rings (SSSR count). The standard InChI is InChI=1S/C15H13F3O2/c1-10-7-11(5-6-14(10)19)9-20-13-4-2-3-12(8-13)15(16,17)18/h2-8,19H,9H2,1H3. The molecule has 0 aromatic heterocycles. The summed E-state index contributed by atoms with van der Waals surface area (Å²) in [7, 11) is 0. The lowest BCUT2D eigenvalue weighted by Gasteiger charge is -2.10. The lowest BCUT2D eigenvalue weighted by atomic mass is 10.1. The lowest BCUT2D eigenvalue weighted by Crippen LogP contribution is -2.05. The van der Waals surface area contributed by atoms with Crippen LogP contribution in [0, 0.1) is 6.92 Å². The Kier molecular flexibility index (Phi) is 3.88. The zero-order chi connectivity index (χ0) is 14.8. The number of alkyl halides is 3. The van der Waals surface area contributed by atoms with Crippen LogP contribution in [0.1, 0.15) is 16.7 Å². The van der Waals surface area contributed by atoms with Crippen molar-refractivity contribution in [3.8, 4) is 11.5 Å². The van der Waals surface area contributed by atoms with Crippen LogP contribution < -0.4 is 4.74 Å². The monoisotopic (exact) mass is 282 g/mol. The first-order valence-electron chi connectivity index (χ1n) is 5.95. The molecule has 0 unspecified atom stereocenters. The number of phenols is 1. The van der Waals surface area contributed by atoms with Gasteiger partial charge < -0.3 is 9.84 Å². The van der Waals surface area contributed by atoms with Crippen LogP contribution >= 0.6 is 0 Å². The van der Waals surface area contributed by atoms with Gasteiger partial charge in [-0.15, -0.1) is 0 Å². The summed E-state index contributed by atoms with van der Waals surface area (Å²) in [6, 6.07) is 9.66. The molecule has 0 fully saturated rings. The van der Waals surface area contributed by atoms with E-state index in [2.05, 4.69) is 0 Å². The highest BCUT2D eigenvalue weighted by molar-refractivity contribution is 5.35. The first-order valence-corrected chi connectivity index (χ1v) is 5.95. The minimum atomic E-state index is -4.38. The first-order chi connectivity index (χ1) is 9.36. The van der Waals surface area contributed by atoms with Crippen LogP contribution in [0.4, 0.5) is 13.2 Å². The molecule has 0 bridgehead atoms. The fraction of sp³-hybridized carbons (Fsp3) is 0.200. The number of hydrogen-bond acceptors (Lipinski definition) is 2. The second kappa shape index (κ2) is 5.45. The predicted molar refractivity (Wildman–Crippen MR) is 68.6 cm³/mol. The van der Waals surface area contributed by atoms with E-state index in [0.717, 1.165) is 17.7 Å². The number of ether oxygens (including phenoxy) is 1. The maximum atomic E-state index is 12.5.